The smallest absolute Gasteiger partial charge is 0.355 e. The molecule has 45 heavy (non-hydrogen) atoms. The van der Waals surface area contributed by atoms with Crippen molar-refractivity contribution < 1.29 is 17.9 Å². The fourth-order valence-corrected chi connectivity index (χ4v) is 6.85. The van der Waals surface area contributed by atoms with Crippen LogP contribution in [0.1, 0.15) is 92.2 Å². The maximum atomic E-state index is 14.3. The van der Waals surface area contributed by atoms with E-state index in [2.05, 4.69) is 66.4 Å². The Morgan fingerprint density at radius 1 is 0.822 bits per heavy atom. The van der Waals surface area contributed by atoms with E-state index in [0.29, 0.717) is 17.6 Å². The Hall–Kier alpha value is -3.38. The largest absolute Gasteiger partial charge is 0.422 e. The van der Waals surface area contributed by atoms with Gasteiger partial charge in [-0.1, -0.05) is 117 Å². The number of rotatable bonds is 14. The molecule has 0 bridgehead atoms. The van der Waals surface area contributed by atoms with Gasteiger partial charge < -0.3 is 9.64 Å². The van der Waals surface area contributed by atoms with Gasteiger partial charge in [-0.15, -0.1) is 0 Å². The van der Waals surface area contributed by atoms with Crippen LogP contribution in [0.4, 0.5) is 0 Å². The Kier molecular flexibility index (Phi) is 12.6. The summed E-state index contributed by atoms with van der Waals surface area (Å²) in [6.45, 7) is 19.0. The second-order valence-electron chi connectivity index (χ2n) is 14.4. The predicted octanol–water partition coefficient (Wildman–Crippen LogP) is 9.70. The number of sulfone groups is 1. The molecule has 0 saturated heterocycles. The molecule has 0 atom stereocenters. The molecule has 0 unspecified atom stereocenters. The minimum absolute atomic E-state index is 0.0710. The van der Waals surface area contributed by atoms with E-state index in [1.165, 1.54) is 6.08 Å². The van der Waals surface area contributed by atoms with Crippen LogP contribution in [0.25, 0.3) is 10.8 Å². The predicted molar refractivity (Wildman–Crippen MR) is 188 cm³/mol. The third kappa shape index (κ3) is 10.9. The summed E-state index contributed by atoms with van der Waals surface area (Å²) in [5.41, 5.74) is 2.06. The number of ether oxygens (including phenoxy) is 1. The van der Waals surface area contributed by atoms with Crippen molar-refractivity contribution in [2.45, 2.75) is 98.8 Å². The maximum absolute atomic E-state index is 14.3. The van der Waals surface area contributed by atoms with Gasteiger partial charge in [-0.25, -0.2) is 13.2 Å². The normalized spacial score (nSPS) is 13.0. The SMILES string of the molecule is CCCCN(/C=C\C=C(\C(=O)Oc1ccc(CC(C)(C)C)cc1CC(C)(C)C)S(=O)(=O)c1cccc2ccccc12)CCCC. The lowest BCUT2D eigenvalue weighted by molar-refractivity contribution is -0.129. The molecule has 0 spiro atoms. The summed E-state index contributed by atoms with van der Waals surface area (Å²) >= 11 is 0. The molecule has 0 aromatic heterocycles. The molecule has 5 nitrogen and oxygen atoms in total. The van der Waals surface area contributed by atoms with Crippen LogP contribution < -0.4 is 4.74 Å². The number of hydrogen-bond donors (Lipinski definition) is 0. The fraction of sp³-hybridized carbons (Fsp3) is 0.462. The Balaban J connectivity index is 2.11. The Morgan fingerprint density at radius 2 is 1.44 bits per heavy atom. The van der Waals surface area contributed by atoms with E-state index in [1.807, 2.05) is 36.5 Å². The zero-order valence-corrected chi connectivity index (χ0v) is 29.5. The minimum Gasteiger partial charge on any atom is -0.422 e. The molecule has 0 aliphatic heterocycles. The van der Waals surface area contributed by atoms with E-state index >= 15 is 0 Å². The van der Waals surface area contributed by atoms with E-state index in [0.717, 1.165) is 61.7 Å². The zero-order chi connectivity index (χ0) is 33.3. The van der Waals surface area contributed by atoms with Gasteiger partial charge in [-0.2, -0.15) is 0 Å². The molecule has 3 aromatic carbocycles. The molecule has 244 valence electrons. The second kappa shape index (κ2) is 15.8. The summed E-state index contributed by atoms with van der Waals surface area (Å²) < 4.78 is 34.6. The Morgan fingerprint density at radius 3 is 2.07 bits per heavy atom. The standard InChI is InChI=1S/C39H53NO4S/c1-9-11-24-40(25-12-10-2)26-16-21-36(45(42,43)35-20-15-18-31-17-13-14-19-33(31)35)37(41)44-34-23-22-30(28-38(3,4)5)27-32(34)29-39(6,7)8/h13-23,26-27H,9-12,24-25,28-29H2,1-8H3/b26-16-,36-21-. The van der Waals surface area contributed by atoms with Crippen LogP contribution in [0.15, 0.2) is 88.8 Å². The van der Waals surface area contributed by atoms with Gasteiger partial charge in [0.1, 0.15) is 5.75 Å². The first kappa shape index (κ1) is 36.1. The van der Waals surface area contributed by atoms with Crippen LogP contribution in [0.2, 0.25) is 0 Å². The average molecular weight is 632 g/mol. The van der Waals surface area contributed by atoms with Crippen LogP contribution >= 0.6 is 0 Å². The lowest BCUT2D eigenvalue weighted by atomic mass is 9.84. The molecule has 3 aromatic rings. The molecular formula is C39H53NO4S. The summed E-state index contributed by atoms with van der Waals surface area (Å²) in [4.78, 5) is 15.9. The van der Waals surface area contributed by atoms with Gasteiger partial charge in [-0.3, -0.25) is 0 Å². The molecule has 0 fully saturated rings. The first-order valence-corrected chi connectivity index (χ1v) is 17.8. The van der Waals surface area contributed by atoms with Crippen molar-refractivity contribution in [3.05, 3.63) is 95.0 Å². The van der Waals surface area contributed by atoms with Gasteiger partial charge in [0, 0.05) is 18.5 Å². The van der Waals surface area contributed by atoms with Gasteiger partial charge in [0.2, 0.25) is 9.84 Å². The zero-order valence-electron chi connectivity index (χ0n) is 28.7. The van der Waals surface area contributed by atoms with Crippen LogP contribution in [0.5, 0.6) is 5.75 Å². The van der Waals surface area contributed by atoms with Crippen molar-refractivity contribution >= 4 is 26.6 Å². The van der Waals surface area contributed by atoms with E-state index in [-0.39, 0.29) is 20.6 Å². The van der Waals surface area contributed by atoms with Crippen molar-refractivity contribution in [1.82, 2.24) is 4.90 Å². The Bertz CT molecular complexity index is 1590. The molecule has 0 aliphatic rings. The number of carbonyl (C=O) groups excluding carboxylic acids is 1. The maximum Gasteiger partial charge on any atom is 0.355 e. The summed E-state index contributed by atoms with van der Waals surface area (Å²) in [7, 11) is -4.24. The molecule has 0 amide bonds. The number of unbranched alkanes of at least 4 members (excludes halogenated alkanes) is 2. The highest BCUT2D eigenvalue weighted by molar-refractivity contribution is 7.96. The topological polar surface area (TPSA) is 63.7 Å². The second-order valence-corrected chi connectivity index (χ2v) is 16.3. The highest BCUT2D eigenvalue weighted by Crippen LogP contribution is 2.33. The van der Waals surface area contributed by atoms with E-state index in [9.17, 15) is 13.2 Å². The number of nitrogens with zero attached hydrogens (tertiary/aromatic N) is 1. The molecule has 0 heterocycles. The van der Waals surface area contributed by atoms with Crippen molar-refractivity contribution in [2.75, 3.05) is 13.1 Å². The van der Waals surface area contributed by atoms with Crippen molar-refractivity contribution in [1.29, 1.82) is 0 Å². The van der Waals surface area contributed by atoms with Crippen LogP contribution in [0.3, 0.4) is 0 Å². The van der Waals surface area contributed by atoms with Crippen molar-refractivity contribution in [3.8, 4) is 5.75 Å². The van der Waals surface area contributed by atoms with Crippen LogP contribution in [0, 0.1) is 10.8 Å². The molecule has 0 N–H and O–H groups in total. The molecular weight excluding hydrogens is 578 g/mol. The third-order valence-corrected chi connectivity index (χ3v) is 9.27. The summed E-state index contributed by atoms with van der Waals surface area (Å²) in [6, 6.07) is 18.3. The lowest BCUT2D eigenvalue weighted by Gasteiger charge is -2.23. The monoisotopic (exact) mass is 631 g/mol. The lowest BCUT2D eigenvalue weighted by Crippen LogP contribution is -2.21. The Labute approximate surface area is 272 Å². The van der Waals surface area contributed by atoms with Gasteiger partial charge in [0.25, 0.3) is 0 Å². The average Bonchev–Trinajstić information content (AvgIpc) is 2.95. The summed E-state index contributed by atoms with van der Waals surface area (Å²) in [5, 5.41) is 1.35. The van der Waals surface area contributed by atoms with E-state index in [1.54, 1.807) is 30.3 Å². The number of hydrogen-bond acceptors (Lipinski definition) is 5. The number of carbonyl (C=O) groups is 1. The highest BCUT2D eigenvalue weighted by Gasteiger charge is 2.31. The quantitative estimate of drug-likeness (QED) is 0.0767. The minimum atomic E-state index is -4.24. The molecule has 3 rings (SSSR count). The van der Waals surface area contributed by atoms with Crippen molar-refractivity contribution in [3.63, 3.8) is 0 Å². The first-order valence-electron chi connectivity index (χ1n) is 16.3. The first-order chi connectivity index (χ1) is 21.1. The van der Waals surface area contributed by atoms with Crippen LogP contribution in [-0.4, -0.2) is 32.4 Å². The van der Waals surface area contributed by atoms with E-state index in [4.69, 9.17) is 4.74 Å². The third-order valence-electron chi connectivity index (χ3n) is 7.45. The molecule has 0 radical (unpaired) electrons. The number of benzene rings is 3. The molecule has 6 heteroatoms. The van der Waals surface area contributed by atoms with Crippen molar-refractivity contribution in [2.24, 2.45) is 10.8 Å². The molecule has 0 aliphatic carbocycles. The number of fused-ring (bicyclic) bond motifs is 1. The summed E-state index contributed by atoms with van der Waals surface area (Å²) in [6.07, 6.45) is 10.7. The van der Waals surface area contributed by atoms with Gasteiger partial charge in [0.15, 0.2) is 4.91 Å². The number of esters is 1. The van der Waals surface area contributed by atoms with Crippen LogP contribution in [-0.2, 0) is 27.5 Å². The highest BCUT2D eigenvalue weighted by atomic mass is 32.2. The summed E-state index contributed by atoms with van der Waals surface area (Å²) in [5.74, 6) is -0.497. The fourth-order valence-electron chi connectivity index (χ4n) is 5.37. The number of allylic oxidation sites excluding steroid dienone is 2. The van der Waals surface area contributed by atoms with E-state index < -0.39 is 15.8 Å². The van der Waals surface area contributed by atoms with Gasteiger partial charge >= 0.3 is 5.97 Å². The van der Waals surface area contributed by atoms with Gasteiger partial charge in [0.05, 0.1) is 4.90 Å². The molecule has 0 saturated carbocycles. The van der Waals surface area contributed by atoms with Gasteiger partial charge in [-0.05, 0) is 83.5 Å².